The van der Waals surface area contributed by atoms with Crippen molar-refractivity contribution in [1.29, 1.82) is 0 Å². The monoisotopic (exact) mass is 323 g/mol. The maximum Gasteiger partial charge on any atom is 0.152 e. The van der Waals surface area contributed by atoms with Crippen LogP contribution in [0.4, 0.5) is 5.69 Å². The molecule has 0 amide bonds. The number of anilines is 1. The van der Waals surface area contributed by atoms with Gasteiger partial charge < -0.3 is 9.80 Å². The number of sulfone groups is 1. The van der Waals surface area contributed by atoms with Gasteiger partial charge in [0, 0.05) is 51.5 Å². The topological polar surface area (TPSA) is 43.9 Å². The molecular formula is C16H25N3O2S. The first-order valence-electron chi connectivity index (χ1n) is 7.97. The molecule has 0 saturated carbocycles. The maximum absolute atomic E-state index is 11.5. The van der Waals surface area contributed by atoms with E-state index in [4.69, 9.17) is 0 Å². The summed E-state index contributed by atoms with van der Waals surface area (Å²) >= 11 is 0. The second-order valence-electron chi connectivity index (χ2n) is 6.38. The fraction of sp³-hybridized carbons (Fsp3) is 0.625. The van der Waals surface area contributed by atoms with Crippen LogP contribution in [-0.4, -0.2) is 76.0 Å². The van der Waals surface area contributed by atoms with E-state index >= 15 is 0 Å². The van der Waals surface area contributed by atoms with Gasteiger partial charge in [0.2, 0.25) is 0 Å². The molecule has 2 heterocycles. The molecule has 6 heteroatoms. The van der Waals surface area contributed by atoms with Crippen molar-refractivity contribution in [3.63, 3.8) is 0 Å². The summed E-state index contributed by atoms with van der Waals surface area (Å²) in [6.07, 6.45) is 0. The van der Waals surface area contributed by atoms with Gasteiger partial charge >= 0.3 is 0 Å². The molecule has 0 aromatic heterocycles. The highest BCUT2D eigenvalue weighted by Gasteiger charge is 2.21. The Bertz CT molecular complexity index is 578. The van der Waals surface area contributed by atoms with Crippen LogP contribution in [0.2, 0.25) is 0 Å². The second kappa shape index (κ2) is 6.56. The lowest BCUT2D eigenvalue weighted by atomic mass is 10.1. The van der Waals surface area contributed by atoms with Crippen LogP contribution in [0.25, 0.3) is 0 Å². The van der Waals surface area contributed by atoms with Gasteiger partial charge in [0.05, 0.1) is 11.5 Å². The number of likely N-dealkylation sites (N-methyl/N-ethyl adjacent to an activating group) is 1. The van der Waals surface area contributed by atoms with Crippen molar-refractivity contribution in [2.45, 2.75) is 6.54 Å². The summed E-state index contributed by atoms with van der Waals surface area (Å²) in [5.41, 5.74) is 2.55. The lowest BCUT2D eigenvalue weighted by Crippen LogP contribution is -2.44. The summed E-state index contributed by atoms with van der Waals surface area (Å²) in [6.45, 7) is 6.55. The van der Waals surface area contributed by atoms with Gasteiger partial charge in [0.1, 0.15) is 0 Å². The van der Waals surface area contributed by atoms with E-state index in [0.717, 1.165) is 32.7 Å². The third-order valence-electron chi connectivity index (χ3n) is 4.65. The lowest BCUT2D eigenvalue weighted by Gasteiger charge is -2.34. The molecule has 0 spiro atoms. The number of piperazine rings is 1. The fourth-order valence-corrected chi connectivity index (χ4v) is 4.32. The van der Waals surface area contributed by atoms with Crippen LogP contribution < -0.4 is 4.90 Å². The molecule has 0 aliphatic carbocycles. The Hall–Kier alpha value is -1.11. The molecular weight excluding hydrogens is 298 g/mol. The van der Waals surface area contributed by atoms with E-state index in [1.54, 1.807) is 0 Å². The first-order chi connectivity index (χ1) is 10.5. The highest BCUT2D eigenvalue weighted by Crippen LogP contribution is 2.18. The zero-order valence-corrected chi connectivity index (χ0v) is 14.1. The van der Waals surface area contributed by atoms with E-state index in [9.17, 15) is 8.42 Å². The van der Waals surface area contributed by atoms with Crippen molar-refractivity contribution in [2.24, 2.45) is 0 Å². The van der Waals surface area contributed by atoms with E-state index in [-0.39, 0.29) is 0 Å². The van der Waals surface area contributed by atoms with Gasteiger partial charge in [0.25, 0.3) is 0 Å². The predicted octanol–water partition coefficient (Wildman–Crippen LogP) is 0.669. The molecule has 1 aromatic carbocycles. The van der Waals surface area contributed by atoms with Crippen molar-refractivity contribution in [3.05, 3.63) is 29.8 Å². The molecule has 5 nitrogen and oxygen atoms in total. The zero-order valence-electron chi connectivity index (χ0n) is 13.2. The summed E-state index contributed by atoms with van der Waals surface area (Å²) in [7, 11) is -0.620. The van der Waals surface area contributed by atoms with E-state index in [1.165, 1.54) is 11.3 Å². The molecule has 2 aliphatic heterocycles. The number of benzene rings is 1. The molecule has 2 saturated heterocycles. The minimum Gasteiger partial charge on any atom is -0.369 e. The molecule has 0 atom stereocenters. The van der Waals surface area contributed by atoms with Gasteiger partial charge in [-0.3, -0.25) is 4.90 Å². The zero-order chi connectivity index (χ0) is 15.6. The SMILES string of the molecule is CN1CCN(c2ccc(CN3CCS(=O)(=O)CC3)cc2)CC1. The van der Waals surface area contributed by atoms with E-state index in [2.05, 4.69) is 46.0 Å². The predicted molar refractivity (Wildman–Crippen MR) is 90.1 cm³/mol. The number of nitrogens with zero attached hydrogens (tertiary/aromatic N) is 3. The van der Waals surface area contributed by atoms with Gasteiger partial charge in [-0.1, -0.05) is 12.1 Å². The Kier molecular flexibility index (Phi) is 4.70. The Morgan fingerprint density at radius 2 is 1.50 bits per heavy atom. The normalized spacial score (nSPS) is 23.6. The quantitative estimate of drug-likeness (QED) is 0.818. The Balaban J connectivity index is 1.56. The second-order valence-corrected chi connectivity index (χ2v) is 8.69. The van der Waals surface area contributed by atoms with Crippen molar-refractivity contribution in [3.8, 4) is 0 Å². The van der Waals surface area contributed by atoms with Gasteiger partial charge in [-0.25, -0.2) is 8.42 Å². The van der Waals surface area contributed by atoms with Crippen molar-refractivity contribution >= 4 is 15.5 Å². The number of rotatable bonds is 3. The first-order valence-corrected chi connectivity index (χ1v) is 9.79. The molecule has 1 aromatic rings. The van der Waals surface area contributed by atoms with Crippen molar-refractivity contribution in [2.75, 3.05) is 62.7 Å². The summed E-state index contributed by atoms with van der Waals surface area (Å²) in [5, 5.41) is 0. The Morgan fingerprint density at radius 3 is 2.09 bits per heavy atom. The third kappa shape index (κ3) is 4.00. The molecule has 2 fully saturated rings. The fourth-order valence-electron chi connectivity index (χ4n) is 3.04. The molecule has 0 N–H and O–H groups in total. The van der Waals surface area contributed by atoms with Gasteiger partial charge in [-0.05, 0) is 24.7 Å². The Labute approximate surface area is 133 Å². The van der Waals surface area contributed by atoms with Crippen molar-refractivity contribution < 1.29 is 8.42 Å². The smallest absolute Gasteiger partial charge is 0.152 e. The summed E-state index contributed by atoms with van der Waals surface area (Å²) in [6, 6.07) is 8.75. The van der Waals surface area contributed by atoms with E-state index < -0.39 is 9.84 Å². The average Bonchev–Trinajstić information content (AvgIpc) is 2.51. The van der Waals surface area contributed by atoms with Crippen LogP contribution in [0.5, 0.6) is 0 Å². The van der Waals surface area contributed by atoms with Crippen LogP contribution in [0.3, 0.4) is 0 Å². The summed E-state index contributed by atoms with van der Waals surface area (Å²) < 4.78 is 22.9. The van der Waals surface area contributed by atoms with E-state index in [1.807, 2.05) is 0 Å². The highest BCUT2D eigenvalue weighted by molar-refractivity contribution is 7.91. The van der Waals surface area contributed by atoms with E-state index in [0.29, 0.717) is 24.6 Å². The van der Waals surface area contributed by atoms with Crippen molar-refractivity contribution in [1.82, 2.24) is 9.80 Å². The maximum atomic E-state index is 11.5. The number of hydrogen-bond acceptors (Lipinski definition) is 5. The Morgan fingerprint density at radius 1 is 0.909 bits per heavy atom. The minimum absolute atomic E-state index is 0.298. The molecule has 0 unspecified atom stereocenters. The van der Waals surface area contributed by atoms with Gasteiger partial charge in [-0.2, -0.15) is 0 Å². The molecule has 2 aliphatic rings. The standard InChI is InChI=1S/C16H25N3O2S/c1-17-6-8-19(9-7-17)16-4-2-15(3-5-16)14-18-10-12-22(20,21)13-11-18/h2-5H,6-14H2,1H3. The van der Waals surface area contributed by atoms with Gasteiger partial charge in [0.15, 0.2) is 9.84 Å². The molecule has 22 heavy (non-hydrogen) atoms. The van der Waals surface area contributed by atoms with Crippen LogP contribution in [-0.2, 0) is 16.4 Å². The lowest BCUT2D eigenvalue weighted by molar-refractivity contribution is 0.287. The molecule has 122 valence electrons. The molecule has 0 bridgehead atoms. The summed E-state index contributed by atoms with van der Waals surface area (Å²) in [4.78, 5) is 7.01. The van der Waals surface area contributed by atoms with Gasteiger partial charge in [-0.15, -0.1) is 0 Å². The molecule has 0 radical (unpaired) electrons. The highest BCUT2D eigenvalue weighted by atomic mass is 32.2. The third-order valence-corrected chi connectivity index (χ3v) is 6.26. The first kappa shape index (κ1) is 15.8. The molecule has 3 rings (SSSR count). The average molecular weight is 323 g/mol. The van der Waals surface area contributed by atoms with Crippen LogP contribution in [0.1, 0.15) is 5.56 Å². The summed E-state index contributed by atoms with van der Waals surface area (Å²) in [5.74, 6) is 0.596. The van der Waals surface area contributed by atoms with Crippen LogP contribution in [0, 0.1) is 0 Å². The largest absolute Gasteiger partial charge is 0.369 e. The van der Waals surface area contributed by atoms with Crippen LogP contribution >= 0.6 is 0 Å². The number of hydrogen-bond donors (Lipinski definition) is 0. The van der Waals surface area contributed by atoms with Crippen LogP contribution in [0.15, 0.2) is 24.3 Å². The minimum atomic E-state index is -2.79.